The predicted molar refractivity (Wildman–Crippen MR) is 104 cm³/mol. The monoisotopic (exact) mass is 366 g/mol. The summed E-state index contributed by atoms with van der Waals surface area (Å²) in [6, 6.07) is 12.4. The van der Waals surface area contributed by atoms with Crippen LogP contribution in [0.5, 0.6) is 0 Å². The molecule has 2 atom stereocenters. The number of hydrogen-bond donors (Lipinski definition) is 0. The molecule has 0 aliphatic carbocycles. The van der Waals surface area contributed by atoms with Crippen LogP contribution in [0, 0.1) is 0 Å². The second-order valence-corrected chi connectivity index (χ2v) is 7.92. The second-order valence-electron chi connectivity index (χ2n) is 6.02. The van der Waals surface area contributed by atoms with E-state index in [1.54, 1.807) is 11.8 Å². The normalized spacial score (nSPS) is 13.8. The van der Waals surface area contributed by atoms with Crippen molar-refractivity contribution in [3.63, 3.8) is 0 Å². The predicted octanol–water partition coefficient (Wildman–Crippen LogP) is 8.17. The average Bonchev–Trinajstić information content (AvgIpc) is 2.54. The Bertz CT molecular complexity index is 609. The van der Waals surface area contributed by atoms with Gasteiger partial charge in [0.1, 0.15) is 0 Å². The van der Waals surface area contributed by atoms with E-state index >= 15 is 0 Å². The molecular weight excluding hydrogens is 343 g/mol. The van der Waals surface area contributed by atoms with Crippen molar-refractivity contribution in [2.24, 2.45) is 0 Å². The minimum Gasteiger partial charge on any atom is -0.0894 e. The Morgan fingerprint density at radius 3 is 1.52 bits per heavy atom. The third-order valence-corrected chi connectivity index (χ3v) is 6.27. The lowest BCUT2D eigenvalue weighted by Crippen LogP contribution is -1.98. The maximum atomic E-state index is 6.49. The van der Waals surface area contributed by atoms with E-state index in [0.717, 1.165) is 22.9 Å². The lowest BCUT2D eigenvalue weighted by Gasteiger charge is -2.20. The van der Waals surface area contributed by atoms with Crippen LogP contribution in [0.1, 0.15) is 63.5 Å². The molecule has 0 aliphatic rings. The summed E-state index contributed by atoms with van der Waals surface area (Å²) in [4.78, 5) is 2.47. The SMILES string of the molecule is CCC(C)c1c(Cl)cccc1Sc1cccc(Cl)c1C(C)CC. The fourth-order valence-electron chi connectivity index (χ4n) is 2.70. The molecule has 0 aliphatic heterocycles. The second kappa shape index (κ2) is 8.46. The van der Waals surface area contributed by atoms with E-state index in [-0.39, 0.29) is 0 Å². The quantitative estimate of drug-likeness (QED) is 0.496. The van der Waals surface area contributed by atoms with Crippen LogP contribution < -0.4 is 0 Å². The van der Waals surface area contributed by atoms with E-state index in [4.69, 9.17) is 23.2 Å². The number of hydrogen-bond acceptors (Lipinski definition) is 1. The summed E-state index contributed by atoms with van der Waals surface area (Å²) in [6.45, 7) is 8.87. The van der Waals surface area contributed by atoms with Crippen molar-refractivity contribution in [2.45, 2.75) is 62.2 Å². The Balaban J connectivity index is 2.49. The van der Waals surface area contributed by atoms with E-state index in [1.165, 1.54) is 20.9 Å². The van der Waals surface area contributed by atoms with Crippen molar-refractivity contribution in [1.82, 2.24) is 0 Å². The summed E-state index contributed by atoms with van der Waals surface area (Å²) in [7, 11) is 0. The first-order valence-electron chi connectivity index (χ1n) is 8.24. The third kappa shape index (κ3) is 4.26. The van der Waals surface area contributed by atoms with E-state index < -0.39 is 0 Å². The van der Waals surface area contributed by atoms with Crippen LogP contribution in [0.4, 0.5) is 0 Å². The van der Waals surface area contributed by atoms with Gasteiger partial charge < -0.3 is 0 Å². The Morgan fingerprint density at radius 2 is 1.17 bits per heavy atom. The first-order chi connectivity index (χ1) is 11.0. The molecule has 2 rings (SSSR count). The van der Waals surface area contributed by atoms with E-state index in [2.05, 4.69) is 39.8 Å². The van der Waals surface area contributed by atoms with Gasteiger partial charge >= 0.3 is 0 Å². The van der Waals surface area contributed by atoms with Crippen molar-refractivity contribution >= 4 is 35.0 Å². The number of rotatable bonds is 6. The molecule has 2 unspecified atom stereocenters. The Kier molecular flexibility index (Phi) is 6.88. The lowest BCUT2D eigenvalue weighted by molar-refractivity contribution is 0.715. The average molecular weight is 367 g/mol. The fraction of sp³-hybridized carbons (Fsp3) is 0.400. The molecule has 2 aromatic carbocycles. The van der Waals surface area contributed by atoms with Crippen LogP contribution >= 0.6 is 35.0 Å². The minimum absolute atomic E-state index is 0.442. The molecule has 0 spiro atoms. The van der Waals surface area contributed by atoms with Crippen LogP contribution in [-0.4, -0.2) is 0 Å². The molecular formula is C20H24Cl2S. The van der Waals surface area contributed by atoms with Gasteiger partial charge in [0.15, 0.2) is 0 Å². The van der Waals surface area contributed by atoms with Crippen molar-refractivity contribution in [2.75, 3.05) is 0 Å². The van der Waals surface area contributed by atoms with Gasteiger partial charge in [0.05, 0.1) is 0 Å². The molecule has 124 valence electrons. The summed E-state index contributed by atoms with van der Waals surface area (Å²) in [6.07, 6.45) is 2.15. The molecule has 0 radical (unpaired) electrons. The van der Waals surface area contributed by atoms with Crippen molar-refractivity contribution in [3.05, 3.63) is 57.6 Å². The van der Waals surface area contributed by atoms with Gasteiger partial charge in [-0.25, -0.2) is 0 Å². The molecule has 0 saturated heterocycles. The Morgan fingerprint density at radius 1 is 0.783 bits per heavy atom. The zero-order chi connectivity index (χ0) is 17.0. The van der Waals surface area contributed by atoms with Crippen LogP contribution in [0.15, 0.2) is 46.2 Å². The minimum atomic E-state index is 0.442. The van der Waals surface area contributed by atoms with Crippen molar-refractivity contribution < 1.29 is 0 Å². The molecule has 0 heterocycles. The summed E-state index contributed by atoms with van der Waals surface area (Å²) in [5.74, 6) is 0.884. The Labute approximate surface area is 154 Å². The van der Waals surface area contributed by atoms with Gasteiger partial charge in [-0.05, 0) is 60.1 Å². The highest BCUT2D eigenvalue weighted by Gasteiger charge is 2.18. The first-order valence-corrected chi connectivity index (χ1v) is 9.81. The number of halogens is 2. The Hall–Kier alpha value is -0.630. The fourth-order valence-corrected chi connectivity index (χ4v) is 4.90. The molecule has 2 aromatic rings. The zero-order valence-electron chi connectivity index (χ0n) is 14.2. The van der Waals surface area contributed by atoms with Gasteiger partial charge in [-0.3, -0.25) is 0 Å². The van der Waals surface area contributed by atoms with Crippen LogP contribution in [0.3, 0.4) is 0 Å². The molecule has 3 heteroatoms. The topological polar surface area (TPSA) is 0 Å². The summed E-state index contributed by atoms with van der Waals surface area (Å²) >= 11 is 14.8. The highest BCUT2D eigenvalue weighted by Crippen LogP contribution is 2.43. The molecule has 0 saturated carbocycles. The standard InChI is InChI=1S/C20H24Cl2S/c1-5-13(3)19-15(21)9-7-11-17(19)23-18-12-8-10-16(22)20(18)14(4)6-2/h7-14H,5-6H2,1-4H3. The third-order valence-electron chi connectivity index (χ3n) is 4.46. The van der Waals surface area contributed by atoms with Crippen LogP contribution in [0.25, 0.3) is 0 Å². The molecule has 0 amide bonds. The maximum absolute atomic E-state index is 6.49. The summed E-state index contributed by atoms with van der Waals surface area (Å²) in [5.41, 5.74) is 2.49. The highest BCUT2D eigenvalue weighted by atomic mass is 35.5. The van der Waals surface area contributed by atoms with Crippen molar-refractivity contribution in [1.29, 1.82) is 0 Å². The molecule has 0 N–H and O–H groups in total. The zero-order valence-corrected chi connectivity index (χ0v) is 16.5. The van der Waals surface area contributed by atoms with Crippen LogP contribution in [-0.2, 0) is 0 Å². The largest absolute Gasteiger partial charge is 0.0894 e. The van der Waals surface area contributed by atoms with Gasteiger partial charge in [0.2, 0.25) is 0 Å². The lowest BCUT2D eigenvalue weighted by atomic mass is 9.98. The van der Waals surface area contributed by atoms with Gasteiger partial charge in [0, 0.05) is 19.8 Å². The van der Waals surface area contributed by atoms with E-state index in [9.17, 15) is 0 Å². The van der Waals surface area contributed by atoms with E-state index in [0.29, 0.717) is 11.8 Å². The van der Waals surface area contributed by atoms with Gasteiger partial charge in [0.25, 0.3) is 0 Å². The van der Waals surface area contributed by atoms with Crippen molar-refractivity contribution in [3.8, 4) is 0 Å². The molecule has 0 fully saturated rings. The first kappa shape index (κ1) is 18.7. The summed E-state index contributed by atoms with van der Waals surface area (Å²) < 4.78 is 0. The molecule has 0 bridgehead atoms. The van der Waals surface area contributed by atoms with Gasteiger partial charge in [-0.15, -0.1) is 0 Å². The highest BCUT2D eigenvalue weighted by molar-refractivity contribution is 7.99. The summed E-state index contributed by atoms with van der Waals surface area (Å²) in [5, 5.41) is 1.72. The van der Waals surface area contributed by atoms with Gasteiger partial charge in [-0.2, -0.15) is 0 Å². The van der Waals surface area contributed by atoms with E-state index in [1.807, 2.05) is 24.3 Å². The smallest absolute Gasteiger partial charge is 0.0452 e. The molecule has 0 aromatic heterocycles. The molecule has 23 heavy (non-hydrogen) atoms. The molecule has 0 nitrogen and oxygen atoms in total. The van der Waals surface area contributed by atoms with Gasteiger partial charge in [-0.1, -0.05) is 74.8 Å². The van der Waals surface area contributed by atoms with Crippen LogP contribution in [0.2, 0.25) is 10.0 Å². The number of benzene rings is 2. The maximum Gasteiger partial charge on any atom is 0.0452 e.